The van der Waals surface area contributed by atoms with Gasteiger partial charge in [-0.15, -0.1) is 0 Å². The van der Waals surface area contributed by atoms with Crippen LogP contribution in [0.3, 0.4) is 0 Å². The van der Waals surface area contributed by atoms with Crippen molar-refractivity contribution in [2.75, 3.05) is 10.6 Å². The number of benzene rings is 2. The van der Waals surface area contributed by atoms with Crippen molar-refractivity contribution in [2.24, 2.45) is 5.92 Å². The van der Waals surface area contributed by atoms with E-state index in [0.29, 0.717) is 41.7 Å². The van der Waals surface area contributed by atoms with Crippen LogP contribution >= 0.6 is 0 Å². The van der Waals surface area contributed by atoms with Crippen molar-refractivity contribution in [3.63, 3.8) is 0 Å². The predicted molar refractivity (Wildman–Crippen MR) is 154 cm³/mol. The quantitative estimate of drug-likeness (QED) is 0.326. The Hall–Kier alpha value is -1.96. The van der Waals surface area contributed by atoms with Crippen LogP contribution < -0.4 is 10.6 Å². The molecule has 0 spiro atoms. The first-order chi connectivity index (χ1) is 16.0. The van der Waals surface area contributed by atoms with Crippen molar-refractivity contribution in [1.29, 1.82) is 0 Å². The number of hydrogen-bond acceptors (Lipinski definition) is 2. The Morgan fingerprint density at radius 2 is 0.765 bits per heavy atom. The summed E-state index contributed by atoms with van der Waals surface area (Å²) in [7, 11) is 0. The minimum atomic E-state index is 0.406. The van der Waals surface area contributed by atoms with Gasteiger partial charge in [0.05, 0.1) is 0 Å². The van der Waals surface area contributed by atoms with Crippen LogP contribution in [0.5, 0.6) is 0 Å². The summed E-state index contributed by atoms with van der Waals surface area (Å²) < 4.78 is 0. The molecular weight excluding hydrogens is 412 g/mol. The zero-order chi connectivity index (χ0) is 25.6. The summed E-state index contributed by atoms with van der Waals surface area (Å²) in [5, 5.41) is 8.13. The molecule has 2 heteroatoms. The molecule has 0 aromatic heterocycles. The zero-order valence-electron chi connectivity index (χ0n) is 23.9. The standard InChI is InChI=1S/C32H52N2/c1-12-29(33-31-25(20(3)4)16-14-17-26(31)21(5)6)24(11)30(13-2)34-32-27(22(7)8)18-15-19-28(32)23(9)10/h14-24,29-30,33-34H,12-13H2,1-11H3. The molecule has 0 aliphatic carbocycles. The Balaban J connectivity index is 2.42. The van der Waals surface area contributed by atoms with Gasteiger partial charge in [-0.2, -0.15) is 0 Å². The molecule has 2 aromatic rings. The van der Waals surface area contributed by atoms with Gasteiger partial charge in [0.1, 0.15) is 0 Å². The van der Waals surface area contributed by atoms with E-state index in [1.807, 2.05) is 0 Å². The fourth-order valence-corrected chi connectivity index (χ4v) is 5.30. The normalized spacial score (nSPS) is 14.7. The third kappa shape index (κ3) is 6.58. The fraction of sp³-hybridized carbons (Fsp3) is 0.625. The summed E-state index contributed by atoms with van der Waals surface area (Å²) in [5.41, 5.74) is 8.48. The van der Waals surface area contributed by atoms with E-state index in [0.717, 1.165) is 12.8 Å². The molecule has 0 radical (unpaired) electrons. The van der Waals surface area contributed by atoms with Gasteiger partial charge in [0, 0.05) is 23.5 Å². The molecule has 0 aliphatic rings. The van der Waals surface area contributed by atoms with Gasteiger partial charge in [0.2, 0.25) is 0 Å². The highest BCUT2D eigenvalue weighted by Crippen LogP contribution is 2.37. The maximum Gasteiger partial charge on any atom is 0.0412 e. The van der Waals surface area contributed by atoms with Crippen LogP contribution in [0.2, 0.25) is 0 Å². The molecule has 2 rings (SSSR count). The molecule has 34 heavy (non-hydrogen) atoms. The van der Waals surface area contributed by atoms with Gasteiger partial charge in [-0.1, -0.05) is 113 Å². The molecule has 0 heterocycles. The van der Waals surface area contributed by atoms with Crippen LogP contribution in [0, 0.1) is 5.92 Å². The maximum absolute atomic E-state index is 4.06. The van der Waals surface area contributed by atoms with E-state index in [4.69, 9.17) is 0 Å². The Morgan fingerprint density at radius 3 is 0.971 bits per heavy atom. The molecule has 2 N–H and O–H groups in total. The van der Waals surface area contributed by atoms with E-state index < -0.39 is 0 Å². The molecule has 190 valence electrons. The average molecular weight is 465 g/mol. The molecule has 2 nitrogen and oxygen atoms in total. The monoisotopic (exact) mass is 464 g/mol. The lowest BCUT2D eigenvalue weighted by Crippen LogP contribution is -2.39. The first-order valence-corrected chi connectivity index (χ1v) is 13.8. The summed E-state index contributed by atoms with van der Waals surface area (Å²) in [6, 6.07) is 14.5. The van der Waals surface area contributed by atoms with Gasteiger partial charge >= 0.3 is 0 Å². The summed E-state index contributed by atoms with van der Waals surface area (Å²) >= 11 is 0. The smallest absolute Gasteiger partial charge is 0.0412 e. The van der Waals surface area contributed by atoms with Crippen LogP contribution in [0.25, 0.3) is 0 Å². The SMILES string of the molecule is CCC(Nc1c(C(C)C)cccc1C(C)C)C(C)C(CC)Nc1c(C(C)C)cccc1C(C)C. The van der Waals surface area contributed by atoms with Crippen LogP contribution in [0.4, 0.5) is 11.4 Å². The van der Waals surface area contributed by atoms with E-state index >= 15 is 0 Å². The molecule has 0 aliphatic heterocycles. The molecule has 2 aromatic carbocycles. The number of rotatable bonds is 12. The molecule has 0 amide bonds. The summed E-state index contributed by atoms with van der Waals surface area (Å²) in [5.74, 6) is 2.48. The number of para-hydroxylation sites is 2. The summed E-state index contributed by atoms with van der Waals surface area (Å²) in [6.45, 7) is 25.5. The van der Waals surface area contributed by atoms with Crippen LogP contribution in [0.15, 0.2) is 36.4 Å². The highest BCUT2D eigenvalue weighted by atomic mass is 15.0. The molecule has 2 unspecified atom stereocenters. The third-order valence-electron chi connectivity index (χ3n) is 7.55. The molecule has 0 saturated carbocycles. The topological polar surface area (TPSA) is 24.1 Å². The Kier molecular flexibility index (Phi) is 10.5. The highest BCUT2D eigenvalue weighted by molar-refractivity contribution is 5.62. The molecule has 0 fully saturated rings. The second-order valence-corrected chi connectivity index (χ2v) is 11.4. The second-order valence-electron chi connectivity index (χ2n) is 11.4. The first-order valence-electron chi connectivity index (χ1n) is 13.8. The van der Waals surface area contributed by atoms with E-state index in [9.17, 15) is 0 Å². The minimum Gasteiger partial charge on any atom is -0.382 e. The molecule has 2 atom stereocenters. The van der Waals surface area contributed by atoms with E-state index in [1.54, 1.807) is 0 Å². The largest absolute Gasteiger partial charge is 0.382 e. The highest BCUT2D eigenvalue weighted by Gasteiger charge is 2.27. The van der Waals surface area contributed by atoms with Crippen molar-refractivity contribution < 1.29 is 0 Å². The minimum absolute atomic E-state index is 0.406. The van der Waals surface area contributed by atoms with Gasteiger partial charge in [-0.05, 0) is 64.7 Å². The summed E-state index contributed by atoms with van der Waals surface area (Å²) in [6.07, 6.45) is 2.21. The molecule has 0 saturated heterocycles. The lowest BCUT2D eigenvalue weighted by molar-refractivity contribution is 0.398. The van der Waals surface area contributed by atoms with Gasteiger partial charge in [0.25, 0.3) is 0 Å². The zero-order valence-corrected chi connectivity index (χ0v) is 23.9. The fourth-order valence-electron chi connectivity index (χ4n) is 5.30. The van der Waals surface area contributed by atoms with Crippen molar-refractivity contribution in [2.45, 2.75) is 125 Å². The van der Waals surface area contributed by atoms with E-state index in [-0.39, 0.29) is 0 Å². The van der Waals surface area contributed by atoms with Gasteiger partial charge in [0.15, 0.2) is 0 Å². The van der Waals surface area contributed by atoms with Crippen molar-refractivity contribution in [3.05, 3.63) is 58.7 Å². The van der Waals surface area contributed by atoms with Gasteiger partial charge in [-0.3, -0.25) is 0 Å². The Bertz CT molecular complexity index is 768. The third-order valence-corrected chi connectivity index (χ3v) is 7.55. The number of hydrogen-bond donors (Lipinski definition) is 2. The first kappa shape index (κ1) is 28.3. The van der Waals surface area contributed by atoms with Crippen molar-refractivity contribution in [3.8, 4) is 0 Å². The van der Waals surface area contributed by atoms with E-state index in [1.165, 1.54) is 33.6 Å². The summed E-state index contributed by atoms with van der Waals surface area (Å²) in [4.78, 5) is 0. The molecular formula is C32H52N2. The van der Waals surface area contributed by atoms with Crippen LogP contribution in [0.1, 0.15) is 135 Å². The maximum atomic E-state index is 4.06. The van der Waals surface area contributed by atoms with Crippen molar-refractivity contribution in [1.82, 2.24) is 0 Å². The lowest BCUT2D eigenvalue weighted by atomic mass is 9.86. The van der Waals surface area contributed by atoms with Crippen molar-refractivity contribution >= 4 is 11.4 Å². The number of nitrogens with one attached hydrogen (secondary N) is 2. The van der Waals surface area contributed by atoms with Crippen LogP contribution in [-0.2, 0) is 0 Å². The molecule has 0 bridgehead atoms. The Morgan fingerprint density at radius 1 is 0.500 bits per heavy atom. The average Bonchev–Trinajstić information content (AvgIpc) is 2.79. The van der Waals surface area contributed by atoms with Gasteiger partial charge < -0.3 is 10.6 Å². The Labute approximate surface area is 211 Å². The lowest BCUT2D eigenvalue weighted by Gasteiger charge is -2.35. The number of anilines is 2. The second kappa shape index (κ2) is 12.7. The van der Waals surface area contributed by atoms with Gasteiger partial charge in [-0.25, -0.2) is 0 Å². The predicted octanol–water partition coefficient (Wildman–Crippen LogP) is 9.90. The van der Waals surface area contributed by atoms with E-state index in [2.05, 4.69) is 123 Å². The van der Waals surface area contributed by atoms with Crippen LogP contribution in [-0.4, -0.2) is 12.1 Å².